The predicted molar refractivity (Wildman–Crippen MR) is 88.9 cm³/mol. The van der Waals surface area contributed by atoms with E-state index in [0.29, 0.717) is 0 Å². The van der Waals surface area contributed by atoms with Crippen molar-refractivity contribution in [3.63, 3.8) is 0 Å². The summed E-state index contributed by atoms with van der Waals surface area (Å²) in [5.74, 6) is 0. The van der Waals surface area contributed by atoms with Gasteiger partial charge in [-0.3, -0.25) is 4.79 Å². The van der Waals surface area contributed by atoms with Crippen molar-refractivity contribution in [2.45, 2.75) is 13.5 Å². The highest BCUT2D eigenvalue weighted by atomic mass is 16.5. The molecule has 0 atom stereocenters. The molecule has 1 saturated heterocycles. The van der Waals surface area contributed by atoms with Gasteiger partial charge in [0.2, 0.25) is 0 Å². The van der Waals surface area contributed by atoms with Gasteiger partial charge in [0.05, 0.1) is 18.8 Å². The summed E-state index contributed by atoms with van der Waals surface area (Å²) in [5, 5.41) is 0.777. The van der Waals surface area contributed by atoms with Crippen LogP contribution in [0.2, 0.25) is 0 Å². The van der Waals surface area contributed by atoms with Crippen LogP contribution in [-0.4, -0.2) is 45.4 Å². The molecular formula is C17H24N3O2+. The van der Waals surface area contributed by atoms with Gasteiger partial charge in [-0.2, -0.15) is 0 Å². The van der Waals surface area contributed by atoms with Crippen molar-refractivity contribution in [2.24, 2.45) is 0 Å². The summed E-state index contributed by atoms with van der Waals surface area (Å²) in [6.07, 6.45) is 0. The first-order valence-corrected chi connectivity index (χ1v) is 7.80. The number of nitrogens with one attached hydrogen (secondary N) is 2. The van der Waals surface area contributed by atoms with Crippen LogP contribution in [0.3, 0.4) is 0 Å². The van der Waals surface area contributed by atoms with Crippen molar-refractivity contribution in [2.75, 3.05) is 45.3 Å². The molecule has 0 unspecified atom stereocenters. The molecule has 1 aromatic heterocycles. The van der Waals surface area contributed by atoms with Crippen LogP contribution in [0.15, 0.2) is 23.0 Å². The molecule has 0 aliphatic carbocycles. The SMILES string of the molecule is Cc1[nH]c2ccc(N(C)C)cc2c(=O)c1C[NH+]1CCOCC1. The molecule has 1 aliphatic rings. The Morgan fingerprint density at radius 3 is 2.68 bits per heavy atom. The highest BCUT2D eigenvalue weighted by molar-refractivity contribution is 5.83. The van der Waals surface area contributed by atoms with Gasteiger partial charge in [-0.1, -0.05) is 0 Å². The number of aryl methyl sites for hydroxylation is 1. The van der Waals surface area contributed by atoms with Crippen LogP contribution in [0.25, 0.3) is 10.9 Å². The Hall–Kier alpha value is -1.85. The Balaban J connectivity index is 2.03. The number of morpholine rings is 1. The van der Waals surface area contributed by atoms with Crippen LogP contribution < -0.4 is 15.2 Å². The summed E-state index contributed by atoms with van der Waals surface area (Å²) < 4.78 is 5.40. The molecule has 3 rings (SSSR count). The van der Waals surface area contributed by atoms with Crippen LogP contribution in [-0.2, 0) is 11.3 Å². The lowest BCUT2D eigenvalue weighted by atomic mass is 10.1. The first-order valence-electron chi connectivity index (χ1n) is 7.80. The van der Waals surface area contributed by atoms with E-state index in [1.807, 2.05) is 44.1 Å². The number of rotatable bonds is 3. The summed E-state index contributed by atoms with van der Waals surface area (Å²) >= 11 is 0. The van der Waals surface area contributed by atoms with Gasteiger partial charge in [0.25, 0.3) is 0 Å². The lowest BCUT2D eigenvalue weighted by Gasteiger charge is -2.24. The fourth-order valence-electron chi connectivity index (χ4n) is 3.02. The second-order valence-electron chi connectivity index (χ2n) is 6.22. The number of aromatic nitrogens is 1. The summed E-state index contributed by atoms with van der Waals surface area (Å²) in [5.41, 5.74) is 4.00. The standard InChI is InChI=1S/C17H23N3O2/c1-12-15(11-20-6-8-22-9-7-20)17(21)14-10-13(19(2)3)4-5-16(14)18-12/h4-5,10H,6-9,11H2,1-3H3,(H,18,21)/p+1. The molecule has 0 radical (unpaired) electrons. The Kier molecular flexibility index (Phi) is 4.18. The second kappa shape index (κ2) is 6.10. The third-order valence-corrected chi connectivity index (χ3v) is 4.44. The largest absolute Gasteiger partial charge is 0.378 e. The van der Waals surface area contributed by atoms with Crippen molar-refractivity contribution in [3.8, 4) is 0 Å². The number of benzene rings is 1. The third kappa shape index (κ3) is 2.87. The van der Waals surface area contributed by atoms with Gasteiger partial charge in [-0.05, 0) is 25.1 Å². The fourth-order valence-corrected chi connectivity index (χ4v) is 3.02. The van der Waals surface area contributed by atoms with E-state index in [9.17, 15) is 4.79 Å². The predicted octanol–water partition coefficient (Wildman–Crippen LogP) is 0.318. The molecule has 1 aromatic carbocycles. The number of H-pyrrole nitrogens is 1. The smallest absolute Gasteiger partial charge is 0.198 e. The zero-order valence-electron chi connectivity index (χ0n) is 13.5. The first-order chi connectivity index (χ1) is 10.6. The summed E-state index contributed by atoms with van der Waals surface area (Å²) in [7, 11) is 3.98. The quantitative estimate of drug-likeness (QED) is 0.858. The normalized spacial score (nSPS) is 16.1. The minimum absolute atomic E-state index is 0.161. The topological polar surface area (TPSA) is 49.8 Å². The zero-order valence-corrected chi connectivity index (χ0v) is 13.5. The van der Waals surface area contributed by atoms with E-state index in [1.54, 1.807) is 0 Å². The summed E-state index contributed by atoms with van der Waals surface area (Å²) in [6.45, 7) is 6.27. The van der Waals surface area contributed by atoms with Gasteiger partial charge in [-0.25, -0.2) is 0 Å². The van der Waals surface area contributed by atoms with Crippen LogP contribution in [0, 0.1) is 6.92 Å². The Labute approximate surface area is 130 Å². The number of aromatic amines is 1. The van der Waals surface area contributed by atoms with E-state index < -0.39 is 0 Å². The summed E-state index contributed by atoms with van der Waals surface area (Å²) in [6, 6.07) is 6.00. The number of ether oxygens (including phenoxy) is 1. The molecule has 22 heavy (non-hydrogen) atoms. The Morgan fingerprint density at radius 1 is 1.27 bits per heavy atom. The molecule has 0 spiro atoms. The van der Waals surface area contributed by atoms with Crippen molar-refractivity contribution in [3.05, 3.63) is 39.7 Å². The maximum Gasteiger partial charge on any atom is 0.198 e. The molecule has 1 aliphatic heterocycles. The number of quaternary nitrogens is 1. The molecule has 2 N–H and O–H groups in total. The second-order valence-corrected chi connectivity index (χ2v) is 6.22. The van der Waals surface area contributed by atoms with E-state index >= 15 is 0 Å². The molecule has 5 heteroatoms. The third-order valence-electron chi connectivity index (χ3n) is 4.44. The first kappa shape index (κ1) is 15.1. The molecule has 0 saturated carbocycles. The highest BCUT2D eigenvalue weighted by Gasteiger charge is 2.19. The molecule has 118 valence electrons. The van der Waals surface area contributed by atoms with E-state index in [2.05, 4.69) is 4.98 Å². The van der Waals surface area contributed by atoms with Crippen LogP contribution >= 0.6 is 0 Å². The van der Waals surface area contributed by atoms with Gasteiger partial charge in [-0.15, -0.1) is 0 Å². The number of hydrogen-bond acceptors (Lipinski definition) is 3. The van der Waals surface area contributed by atoms with Crippen LogP contribution in [0.5, 0.6) is 0 Å². The number of fused-ring (bicyclic) bond motifs is 1. The van der Waals surface area contributed by atoms with Crippen molar-refractivity contribution < 1.29 is 9.64 Å². The zero-order chi connectivity index (χ0) is 15.7. The van der Waals surface area contributed by atoms with E-state index in [4.69, 9.17) is 4.74 Å². The van der Waals surface area contributed by atoms with Gasteiger partial charge in [0.1, 0.15) is 19.6 Å². The molecule has 5 nitrogen and oxygen atoms in total. The minimum Gasteiger partial charge on any atom is -0.378 e. The Morgan fingerprint density at radius 2 is 2.00 bits per heavy atom. The fraction of sp³-hybridized carbons (Fsp3) is 0.471. The van der Waals surface area contributed by atoms with Gasteiger partial charge >= 0.3 is 0 Å². The molecule has 0 bridgehead atoms. The average Bonchev–Trinajstić information content (AvgIpc) is 2.52. The maximum atomic E-state index is 12.9. The van der Waals surface area contributed by atoms with E-state index in [-0.39, 0.29) is 5.43 Å². The van der Waals surface area contributed by atoms with Crippen molar-refractivity contribution in [1.82, 2.24) is 4.98 Å². The van der Waals surface area contributed by atoms with Gasteiger partial charge < -0.3 is 19.5 Å². The lowest BCUT2D eigenvalue weighted by molar-refractivity contribution is -0.921. The number of anilines is 1. The lowest BCUT2D eigenvalue weighted by Crippen LogP contribution is -3.13. The van der Waals surface area contributed by atoms with Crippen LogP contribution in [0.4, 0.5) is 5.69 Å². The van der Waals surface area contributed by atoms with Gasteiger partial charge in [0, 0.05) is 36.4 Å². The molecule has 1 fully saturated rings. The van der Waals surface area contributed by atoms with Crippen LogP contribution in [0.1, 0.15) is 11.3 Å². The van der Waals surface area contributed by atoms with E-state index in [1.165, 1.54) is 4.90 Å². The minimum atomic E-state index is 0.161. The van der Waals surface area contributed by atoms with Gasteiger partial charge in [0.15, 0.2) is 5.43 Å². The summed E-state index contributed by atoms with van der Waals surface area (Å²) in [4.78, 5) is 19.7. The monoisotopic (exact) mass is 302 g/mol. The maximum absolute atomic E-state index is 12.9. The molecule has 0 amide bonds. The number of pyridine rings is 1. The molecule has 2 aromatic rings. The highest BCUT2D eigenvalue weighted by Crippen LogP contribution is 2.18. The average molecular weight is 302 g/mol. The van der Waals surface area contributed by atoms with E-state index in [0.717, 1.165) is 60.7 Å². The van der Waals surface area contributed by atoms with Crippen molar-refractivity contribution >= 4 is 16.6 Å². The number of hydrogen-bond donors (Lipinski definition) is 2. The number of nitrogens with zero attached hydrogens (tertiary/aromatic N) is 1. The van der Waals surface area contributed by atoms with Crippen molar-refractivity contribution in [1.29, 1.82) is 0 Å². The molecule has 2 heterocycles. The Bertz CT molecular complexity index is 730. The molecular weight excluding hydrogens is 278 g/mol.